The van der Waals surface area contributed by atoms with E-state index in [4.69, 9.17) is 4.52 Å². The molecule has 0 amide bonds. The van der Waals surface area contributed by atoms with E-state index in [1.807, 2.05) is 31.2 Å². The molecule has 1 aromatic carbocycles. The first-order chi connectivity index (χ1) is 10.7. The van der Waals surface area contributed by atoms with Crippen LogP contribution in [0.4, 0.5) is 0 Å². The number of hydrogen-bond acceptors (Lipinski definition) is 4. The normalized spacial score (nSPS) is 10.6. The molecule has 0 fully saturated rings. The van der Waals surface area contributed by atoms with Crippen molar-refractivity contribution in [1.29, 1.82) is 0 Å². The molecule has 0 bridgehead atoms. The molecule has 0 radical (unpaired) electrons. The summed E-state index contributed by atoms with van der Waals surface area (Å²) in [7, 11) is 0. The minimum absolute atomic E-state index is 0.0570. The van der Waals surface area contributed by atoms with Crippen LogP contribution in [0.15, 0.2) is 59.4 Å². The highest BCUT2D eigenvalue weighted by atomic mass is 16.5. The van der Waals surface area contributed by atoms with Crippen molar-refractivity contribution in [3.8, 4) is 11.3 Å². The van der Waals surface area contributed by atoms with Gasteiger partial charge in [-0.15, -0.1) is 0 Å². The van der Waals surface area contributed by atoms with Crippen molar-refractivity contribution in [2.75, 3.05) is 0 Å². The molecule has 2 aromatic heterocycles. The summed E-state index contributed by atoms with van der Waals surface area (Å²) in [6, 6.07) is 13.5. The number of aryl methyl sites for hydroxylation is 2. The smallest absolute Gasteiger partial charge is 0.164 e. The standard InChI is InChI=1S/C18H16N2O2/c1-13-4-2-5-14(10-13)17-11-16(22-20-17)7-8-18(21)15-6-3-9-19-12-15/h2-6,9-12H,7-8H2,1H3. The highest BCUT2D eigenvalue weighted by Crippen LogP contribution is 2.21. The average Bonchev–Trinajstić information content (AvgIpc) is 3.02. The number of rotatable bonds is 5. The molecule has 0 aliphatic carbocycles. The Morgan fingerprint density at radius 2 is 2.09 bits per heavy atom. The van der Waals surface area contributed by atoms with Crippen LogP contribution in [0.1, 0.15) is 28.1 Å². The maximum absolute atomic E-state index is 12.0. The largest absolute Gasteiger partial charge is 0.361 e. The van der Waals surface area contributed by atoms with E-state index in [-0.39, 0.29) is 5.78 Å². The van der Waals surface area contributed by atoms with Crippen LogP contribution in [0.25, 0.3) is 11.3 Å². The summed E-state index contributed by atoms with van der Waals surface area (Å²) in [5, 5.41) is 4.08. The summed E-state index contributed by atoms with van der Waals surface area (Å²) in [6.07, 6.45) is 4.16. The van der Waals surface area contributed by atoms with E-state index in [9.17, 15) is 4.79 Å². The van der Waals surface area contributed by atoms with E-state index in [1.54, 1.807) is 24.5 Å². The van der Waals surface area contributed by atoms with E-state index in [2.05, 4.69) is 16.2 Å². The molecule has 0 saturated heterocycles. The molecule has 0 unspecified atom stereocenters. The summed E-state index contributed by atoms with van der Waals surface area (Å²) in [4.78, 5) is 16.0. The van der Waals surface area contributed by atoms with Crippen LogP contribution in [0.2, 0.25) is 0 Å². The monoisotopic (exact) mass is 292 g/mol. The molecule has 0 spiro atoms. The van der Waals surface area contributed by atoms with Gasteiger partial charge in [0.1, 0.15) is 11.5 Å². The van der Waals surface area contributed by atoms with Crippen molar-refractivity contribution >= 4 is 5.78 Å². The molecule has 110 valence electrons. The Labute approximate surface area is 128 Å². The Bertz CT molecular complexity index is 779. The second kappa shape index (κ2) is 6.35. The molecular formula is C18H16N2O2. The quantitative estimate of drug-likeness (QED) is 0.670. The van der Waals surface area contributed by atoms with Gasteiger partial charge in [0.2, 0.25) is 0 Å². The molecule has 0 aliphatic rings. The van der Waals surface area contributed by atoms with Crippen LogP contribution < -0.4 is 0 Å². The fraction of sp³-hybridized carbons (Fsp3) is 0.167. The van der Waals surface area contributed by atoms with E-state index in [0.29, 0.717) is 24.2 Å². The van der Waals surface area contributed by atoms with Gasteiger partial charge >= 0.3 is 0 Å². The van der Waals surface area contributed by atoms with Crippen LogP contribution in [0.3, 0.4) is 0 Å². The van der Waals surface area contributed by atoms with E-state index in [1.165, 1.54) is 5.56 Å². The number of carbonyl (C=O) groups is 1. The third-order valence-corrected chi connectivity index (χ3v) is 3.45. The van der Waals surface area contributed by atoms with Gasteiger partial charge < -0.3 is 4.52 Å². The van der Waals surface area contributed by atoms with Gasteiger partial charge in [0.05, 0.1) is 0 Å². The first-order valence-corrected chi connectivity index (χ1v) is 7.18. The molecular weight excluding hydrogens is 276 g/mol. The summed E-state index contributed by atoms with van der Waals surface area (Å²) in [6.45, 7) is 2.04. The molecule has 3 rings (SSSR count). The molecule has 3 aromatic rings. The Hall–Kier alpha value is -2.75. The first kappa shape index (κ1) is 14.2. The maximum atomic E-state index is 12.0. The van der Waals surface area contributed by atoms with Gasteiger partial charge in [0, 0.05) is 42.4 Å². The third-order valence-electron chi connectivity index (χ3n) is 3.45. The number of hydrogen-bond donors (Lipinski definition) is 0. The van der Waals surface area contributed by atoms with Crippen molar-refractivity contribution in [1.82, 2.24) is 10.1 Å². The molecule has 4 nitrogen and oxygen atoms in total. The fourth-order valence-electron chi connectivity index (χ4n) is 2.28. The number of carbonyl (C=O) groups excluding carboxylic acids is 1. The van der Waals surface area contributed by atoms with E-state index < -0.39 is 0 Å². The summed E-state index contributed by atoms with van der Waals surface area (Å²) >= 11 is 0. The molecule has 2 heterocycles. The first-order valence-electron chi connectivity index (χ1n) is 7.18. The molecule has 0 saturated carbocycles. The zero-order valence-corrected chi connectivity index (χ0v) is 12.3. The Kier molecular flexibility index (Phi) is 4.10. The van der Waals surface area contributed by atoms with E-state index in [0.717, 1.165) is 11.3 Å². The van der Waals surface area contributed by atoms with E-state index >= 15 is 0 Å². The maximum Gasteiger partial charge on any atom is 0.164 e. The molecule has 4 heteroatoms. The molecule has 22 heavy (non-hydrogen) atoms. The number of nitrogens with zero attached hydrogens (tertiary/aromatic N) is 2. The van der Waals surface area contributed by atoms with Crippen LogP contribution in [0, 0.1) is 6.92 Å². The van der Waals surface area contributed by atoms with Crippen LogP contribution in [-0.2, 0) is 6.42 Å². The average molecular weight is 292 g/mol. The van der Waals surface area contributed by atoms with Gasteiger partial charge in [-0.2, -0.15) is 0 Å². The molecule has 0 aliphatic heterocycles. The van der Waals surface area contributed by atoms with Crippen molar-refractivity contribution in [3.05, 3.63) is 71.7 Å². The fourth-order valence-corrected chi connectivity index (χ4v) is 2.28. The number of Topliss-reactive ketones (excluding diaryl/α,β-unsaturated/α-hetero) is 1. The van der Waals surface area contributed by atoms with Crippen molar-refractivity contribution in [2.45, 2.75) is 19.8 Å². The second-order valence-corrected chi connectivity index (χ2v) is 5.21. The minimum atomic E-state index is 0.0570. The van der Waals surface area contributed by atoms with Gasteiger partial charge in [-0.1, -0.05) is 28.9 Å². The lowest BCUT2D eigenvalue weighted by Crippen LogP contribution is -2.00. The van der Waals surface area contributed by atoms with Crippen LogP contribution >= 0.6 is 0 Å². The lowest BCUT2D eigenvalue weighted by Gasteiger charge is -1.98. The molecule has 0 N–H and O–H groups in total. The zero-order chi connectivity index (χ0) is 15.4. The summed E-state index contributed by atoms with van der Waals surface area (Å²) in [5.41, 5.74) is 3.62. The van der Waals surface area contributed by atoms with Crippen LogP contribution in [-0.4, -0.2) is 15.9 Å². The number of aromatic nitrogens is 2. The zero-order valence-electron chi connectivity index (χ0n) is 12.3. The third kappa shape index (κ3) is 3.28. The highest BCUT2D eigenvalue weighted by Gasteiger charge is 2.10. The number of pyridine rings is 1. The predicted octanol–water partition coefficient (Wildman–Crippen LogP) is 3.86. The van der Waals surface area contributed by atoms with Gasteiger partial charge in [-0.25, -0.2) is 0 Å². The van der Waals surface area contributed by atoms with Crippen molar-refractivity contribution in [2.24, 2.45) is 0 Å². The Balaban J connectivity index is 1.66. The lowest BCUT2D eigenvalue weighted by molar-refractivity contribution is 0.0980. The SMILES string of the molecule is Cc1cccc(-c2cc(CCC(=O)c3cccnc3)on2)c1. The van der Waals surface area contributed by atoms with Crippen LogP contribution in [0.5, 0.6) is 0 Å². The lowest BCUT2D eigenvalue weighted by atomic mass is 10.1. The Morgan fingerprint density at radius 3 is 2.86 bits per heavy atom. The summed E-state index contributed by atoms with van der Waals surface area (Å²) in [5.74, 6) is 0.773. The number of benzene rings is 1. The summed E-state index contributed by atoms with van der Waals surface area (Å²) < 4.78 is 5.33. The van der Waals surface area contributed by atoms with Crippen molar-refractivity contribution in [3.63, 3.8) is 0 Å². The predicted molar refractivity (Wildman–Crippen MR) is 83.6 cm³/mol. The van der Waals surface area contributed by atoms with Gasteiger partial charge in [-0.3, -0.25) is 9.78 Å². The van der Waals surface area contributed by atoms with Gasteiger partial charge in [0.25, 0.3) is 0 Å². The van der Waals surface area contributed by atoms with Crippen molar-refractivity contribution < 1.29 is 9.32 Å². The van der Waals surface area contributed by atoms with Gasteiger partial charge in [-0.05, 0) is 25.1 Å². The topological polar surface area (TPSA) is 56.0 Å². The second-order valence-electron chi connectivity index (χ2n) is 5.21. The molecule has 0 atom stereocenters. The Morgan fingerprint density at radius 1 is 1.18 bits per heavy atom. The number of ketones is 1. The minimum Gasteiger partial charge on any atom is -0.361 e. The highest BCUT2D eigenvalue weighted by molar-refractivity contribution is 5.95. The van der Waals surface area contributed by atoms with Gasteiger partial charge in [0.15, 0.2) is 5.78 Å².